The Morgan fingerprint density at radius 1 is 0.418 bits per heavy atom. The SMILES string of the molecule is NCCCC[C@@H](NC(=O)CC(=O)O)C(=O)c1ccc(C(c2ccc(C(=O)[C@@H](CCCCN)NC(=O)CC(=O)O)cc2N)c2ccc(C(=O)[C@@H](CCCCN)NC(=O)CC(=O)O)cc2N)c(N)c1. The number of rotatable bonds is 30. The van der Waals surface area contributed by atoms with Crippen molar-refractivity contribution in [1.29, 1.82) is 0 Å². The van der Waals surface area contributed by atoms with Crippen molar-refractivity contribution in [2.75, 3.05) is 36.8 Å². The van der Waals surface area contributed by atoms with E-state index in [0.29, 0.717) is 74.8 Å². The molecule has 3 amide bonds. The molecule has 0 unspecified atom stereocenters. The molecule has 3 aromatic rings. The summed E-state index contributed by atoms with van der Waals surface area (Å²) in [5, 5.41) is 34.9. The second kappa shape index (κ2) is 26.7. The lowest BCUT2D eigenvalue weighted by molar-refractivity contribution is -0.142. The Morgan fingerprint density at radius 2 is 0.672 bits per heavy atom. The van der Waals surface area contributed by atoms with Gasteiger partial charge < -0.3 is 65.7 Å². The van der Waals surface area contributed by atoms with Gasteiger partial charge in [0, 0.05) is 39.7 Å². The van der Waals surface area contributed by atoms with Crippen LogP contribution in [-0.4, -0.2) is 106 Å². The average molecular weight is 932 g/mol. The first-order valence-electron chi connectivity index (χ1n) is 21.8. The number of nitrogens with two attached hydrogens (primary N) is 6. The first kappa shape index (κ1) is 54.1. The van der Waals surface area contributed by atoms with E-state index in [2.05, 4.69) is 16.0 Å². The number of nitrogen functional groups attached to an aromatic ring is 3. The smallest absolute Gasteiger partial charge is 0.312 e. The molecule has 0 aliphatic heterocycles. The fraction of sp³-hybridized carbons (Fsp3) is 0.413. The molecule has 362 valence electrons. The van der Waals surface area contributed by atoms with Gasteiger partial charge in [-0.2, -0.15) is 0 Å². The van der Waals surface area contributed by atoms with Crippen LogP contribution in [-0.2, 0) is 28.8 Å². The average Bonchev–Trinajstić information content (AvgIpc) is 3.25. The Hall–Kier alpha value is -7.23. The van der Waals surface area contributed by atoms with Gasteiger partial charge in [-0.1, -0.05) is 36.4 Å². The molecular formula is C46H61N9O12. The molecule has 0 saturated heterocycles. The molecule has 0 saturated carbocycles. The zero-order chi connectivity index (χ0) is 49.8. The van der Waals surface area contributed by atoms with Gasteiger partial charge in [-0.05, 0) is 112 Å². The molecule has 0 radical (unpaired) electrons. The highest BCUT2D eigenvalue weighted by atomic mass is 16.4. The summed E-state index contributed by atoms with van der Waals surface area (Å²) < 4.78 is 0. The molecule has 0 aliphatic rings. The molecule has 0 bridgehead atoms. The van der Waals surface area contributed by atoms with Gasteiger partial charge in [-0.3, -0.25) is 43.2 Å². The van der Waals surface area contributed by atoms with E-state index in [9.17, 15) is 43.2 Å². The number of aliphatic carboxylic acids is 3. The van der Waals surface area contributed by atoms with Crippen molar-refractivity contribution in [2.24, 2.45) is 17.2 Å². The molecule has 0 aliphatic carbocycles. The van der Waals surface area contributed by atoms with Crippen LogP contribution in [0, 0.1) is 0 Å². The minimum Gasteiger partial charge on any atom is -0.481 e. The Balaban J connectivity index is 2.20. The number of carbonyl (C=O) groups is 9. The number of carboxylic acids is 3. The number of hydrogen-bond acceptors (Lipinski definition) is 15. The minimum atomic E-state index is -1.38. The molecule has 3 rings (SSSR count). The molecule has 21 heteroatoms. The van der Waals surface area contributed by atoms with E-state index >= 15 is 0 Å². The van der Waals surface area contributed by atoms with Crippen LogP contribution in [0.25, 0.3) is 0 Å². The van der Waals surface area contributed by atoms with Crippen molar-refractivity contribution in [1.82, 2.24) is 16.0 Å². The number of Topliss-reactive ketones (excluding diaryl/α,β-unsaturated/α-hetero) is 3. The molecule has 67 heavy (non-hydrogen) atoms. The van der Waals surface area contributed by atoms with E-state index < -0.39 is 96.3 Å². The van der Waals surface area contributed by atoms with E-state index in [1.165, 1.54) is 54.6 Å². The molecule has 0 aromatic heterocycles. The molecule has 3 atom stereocenters. The van der Waals surface area contributed by atoms with Crippen molar-refractivity contribution >= 4 is 70.0 Å². The number of amides is 3. The fourth-order valence-electron chi connectivity index (χ4n) is 7.51. The quantitative estimate of drug-likeness (QED) is 0.0148. The Bertz CT molecular complexity index is 2050. The maximum absolute atomic E-state index is 13.9. The summed E-state index contributed by atoms with van der Waals surface area (Å²) in [5.74, 6) is -9.37. The lowest BCUT2D eigenvalue weighted by atomic mass is 9.80. The standard InChI is InChI=1S/C46H61N9O12/c47-16-4-1-7-34(53-37(56)22-40(59)60)44(65)25-10-13-28(31(50)19-25)43(29-14-11-26(20-32(29)51)45(66)35(8-2-5-17-48)54-38(57)23-41(61)62)30-15-12-27(21-33(30)52)46(67)36(9-3-6-18-49)55-39(58)24-42(63)64/h10-15,19-21,34-36,43H,1-9,16-18,22-24,47-52H2,(H,53,56)(H,54,57)(H,55,58)(H,59,60)(H,61,62)(H,63,64)/t34-,35-,36-/m1/s1. The first-order valence-corrected chi connectivity index (χ1v) is 21.8. The van der Waals surface area contributed by atoms with Crippen molar-refractivity contribution in [3.05, 3.63) is 88.0 Å². The number of carbonyl (C=O) groups excluding carboxylic acids is 6. The first-order chi connectivity index (χ1) is 31.8. The number of benzene rings is 3. The molecule has 18 N–H and O–H groups in total. The van der Waals surface area contributed by atoms with Gasteiger partial charge in [0.05, 0.1) is 18.1 Å². The minimum absolute atomic E-state index is 0.0507. The van der Waals surface area contributed by atoms with Crippen LogP contribution in [0.3, 0.4) is 0 Å². The normalized spacial score (nSPS) is 12.4. The summed E-state index contributed by atoms with van der Waals surface area (Å²) in [6, 6.07) is 9.80. The third kappa shape index (κ3) is 16.6. The maximum Gasteiger partial charge on any atom is 0.312 e. The highest BCUT2D eigenvalue weighted by Gasteiger charge is 2.30. The van der Waals surface area contributed by atoms with Crippen molar-refractivity contribution < 1.29 is 58.5 Å². The Morgan fingerprint density at radius 3 is 0.881 bits per heavy atom. The van der Waals surface area contributed by atoms with Crippen molar-refractivity contribution in [3.8, 4) is 0 Å². The van der Waals surface area contributed by atoms with Gasteiger partial charge in [0.1, 0.15) is 19.3 Å². The van der Waals surface area contributed by atoms with Crippen LogP contribution in [0.1, 0.15) is 131 Å². The second-order valence-corrected chi connectivity index (χ2v) is 16.0. The number of unbranched alkanes of at least 4 members (excludes halogenated alkanes) is 3. The predicted octanol–water partition coefficient (Wildman–Crippen LogP) is 1.43. The van der Waals surface area contributed by atoms with Gasteiger partial charge in [-0.15, -0.1) is 0 Å². The van der Waals surface area contributed by atoms with Crippen LogP contribution in [0.2, 0.25) is 0 Å². The van der Waals surface area contributed by atoms with Gasteiger partial charge in [0.2, 0.25) is 17.7 Å². The largest absolute Gasteiger partial charge is 0.481 e. The lowest BCUT2D eigenvalue weighted by Crippen LogP contribution is -2.41. The van der Waals surface area contributed by atoms with E-state index in [4.69, 9.17) is 49.7 Å². The summed E-state index contributed by atoms with van der Waals surface area (Å²) in [5.41, 5.74) is 38.5. The summed E-state index contributed by atoms with van der Waals surface area (Å²) >= 11 is 0. The van der Waals surface area contributed by atoms with E-state index in [-0.39, 0.29) is 53.0 Å². The summed E-state index contributed by atoms with van der Waals surface area (Å²) in [6.45, 7) is 0.961. The number of nitrogens with one attached hydrogen (secondary N) is 3. The molecule has 0 heterocycles. The topological polar surface area (TPSA) is 407 Å². The third-order valence-corrected chi connectivity index (χ3v) is 10.8. The number of carboxylic acid groups (broad SMARTS) is 3. The molecular weight excluding hydrogens is 871 g/mol. The van der Waals surface area contributed by atoms with Gasteiger partial charge in [0.15, 0.2) is 17.3 Å². The van der Waals surface area contributed by atoms with Crippen LogP contribution in [0.15, 0.2) is 54.6 Å². The Labute approximate surface area is 386 Å². The summed E-state index contributed by atoms with van der Waals surface area (Å²) in [4.78, 5) is 113. The van der Waals surface area contributed by atoms with E-state index in [1.807, 2.05) is 0 Å². The molecule has 0 spiro atoms. The molecule has 0 fully saturated rings. The van der Waals surface area contributed by atoms with Crippen LogP contribution in [0.4, 0.5) is 17.1 Å². The van der Waals surface area contributed by atoms with Crippen molar-refractivity contribution in [3.63, 3.8) is 0 Å². The predicted molar refractivity (Wildman–Crippen MR) is 248 cm³/mol. The zero-order valence-corrected chi connectivity index (χ0v) is 37.1. The third-order valence-electron chi connectivity index (χ3n) is 10.8. The number of anilines is 3. The van der Waals surface area contributed by atoms with Gasteiger partial charge >= 0.3 is 17.9 Å². The van der Waals surface area contributed by atoms with E-state index in [0.717, 1.165) is 0 Å². The highest BCUT2D eigenvalue weighted by Crippen LogP contribution is 2.41. The maximum atomic E-state index is 13.9. The molecule has 21 nitrogen and oxygen atoms in total. The summed E-state index contributed by atoms with van der Waals surface area (Å²) in [7, 11) is 0. The second-order valence-electron chi connectivity index (χ2n) is 16.0. The number of hydrogen-bond donors (Lipinski definition) is 12. The lowest BCUT2D eigenvalue weighted by Gasteiger charge is -2.25. The Kier molecular flexibility index (Phi) is 21.5. The summed E-state index contributed by atoms with van der Waals surface area (Å²) in [6.07, 6.45) is 0.810. The molecule has 3 aromatic carbocycles. The van der Waals surface area contributed by atoms with E-state index in [1.54, 1.807) is 0 Å². The number of ketones is 3. The zero-order valence-electron chi connectivity index (χ0n) is 37.1. The van der Waals surface area contributed by atoms with Gasteiger partial charge in [-0.25, -0.2) is 0 Å². The monoisotopic (exact) mass is 931 g/mol. The van der Waals surface area contributed by atoms with Crippen LogP contribution >= 0.6 is 0 Å². The van der Waals surface area contributed by atoms with Crippen molar-refractivity contribution in [2.45, 2.75) is 101 Å². The van der Waals surface area contributed by atoms with Crippen LogP contribution in [0.5, 0.6) is 0 Å². The fourth-order valence-corrected chi connectivity index (χ4v) is 7.51. The highest BCUT2D eigenvalue weighted by molar-refractivity contribution is 6.06. The van der Waals surface area contributed by atoms with Gasteiger partial charge in [0.25, 0.3) is 0 Å². The van der Waals surface area contributed by atoms with Crippen LogP contribution < -0.4 is 50.4 Å².